The van der Waals surface area contributed by atoms with Gasteiger partial charge in [0, 0.05) is 64.2 Å². The van der Waals surface area contributed by atoms with E-state index in [4.69, 9.17) is 0 Å². The third-order valence-electron chi connectivity index (χ3n) is 5.92. The van der Waals surface area contributed by atoms with Crippen LogP contribution in [0.2, 0.25) is 0 Å². The van der Waals surface area contributed by atoms with Crippen LogP contribution in [0.25, 0.3) is 0 Å². The molecule has 0 saturated carbocycles. The molecule has 0 atom stereocenters. The van der Waals surface area contributed by atoms with Crippen LogP contribution in [0, 0.1) is 5.82 Å². The van der Waals surface area contributed by atoms with Crippen LogP contribution in [0.3, 0.4) is 0 Å². The first-order valence-electron chi connectivity index (χ1n) is 11.0. The number of benzene rings is 1. The van der Waals surface area contributed by atoms with Crippen molar-refractivity contribution in [3.05, 3.63) is 54.5 Å². The lowest BCUT2D eigenvalue weighted by Gasteiger charge is -2.38. The Kier molecular flexibility index (Phi) is 7.28. The van der Waals surface area contributed by atoms with Crippen molar-refractivity contribution in [2.45, 2.75) is 0 Å². The summed E-state index contributed by atoms with van der Waals surface area (Å²) in [5, 5.41) is 2.79. The molecular weight excluding hydrogens is 411 g/mol. The highest BCUT2D eigenvalue weighted by Crippen LogP contribution is 2.13. The minimum absolute atomic E-state index is 0.119. The molecule has 0 spiro atoms. The van der Waals surface area contributed by atoms with Gasteiger partial charge < -0.3 is 15.1 Å². The Hall–Kier alpha value is -3.04. The van der Waals surface area contributed by atoms with Crippen LogP contribution in [0.15, 0.2) is 48.7 Å². The van der Waals surface area contributed by atoms with Gasteiger partial charge in [-0.05, 0) is 36.4 Å². The van der Waals surface area contributed by atoms with E-state index in [0.717, 1.165) is 45.1 Å². The van der Waals surface area contributed by atoms with Crippen molar-refractivity contribution < 1.29 is 14.0 Å². The number of halogens is 1. The van der Waals surface area contributed by atoms with Gasteiger partial charge in [-0.2, -0.15) is 0 Å². The molecule has 170 valence electrons. The molecule has 3 heterocycles. The summed E-state index contributed by atoms with van der Waals surface area (Å²) < 4.78 is 13.0. The average Bonchev–Trinajstić information content (AvgIpc) is 2.82. The summed E-state index contributed by atoms with van der Waals surface area (Å²) in [7, 11) is 0. The summed E-state index contributed by atoms with van der Waals surface area (Å²) in [5.41, 5.74) is 0.587. The van der Waals surface area contributed by atoms with E-state index in [0.29, 0.717) is 25.3 Å². The molecule has 0 aliphatic carbocycles. The highest BCUT2D eigenvalue weighted by molar-refractivity contribution is 5.92. The summed E-state index contributed by atoms with van der Waals surface area (Å²) in [4.78, 5) is 37.7. The van der Waals surface area contributed by atoms with Gasteiger partial charge in [0.1, 0.15) is 11.6 Å². The first-order chi connectivity index (χ1) is 15.6. The zero-order valence-electron chi connectivity index (χ0n) is 18.1. The van der Waals surface area contributed by atoms with Gasteiger partial charge in [-0.3, -0.25) is 19.4 Å². The van der Waals surface area contributed by atoms with Crippen molar-refractivity contribution >= 4 is 23.3 Å². The highest BCUT2D eigenvalue weighted by atomic mass is 19.1. The molecule has 1 N–H and O–H groups in total. The molecule has 2 aromatic rings. The number of nitrogens with one attached hydrogen (secondary N) is 1. The lowest BCUT2D eigenvalue weighted by molar-refractivity contribution is -0.133. The first kappa shape index (κ1) is 22.2. The normalized spacial score (nSPS) is 17.9. The van der Waals surface area contributed by atoms with Crippen LogP contribution in [0.1, 0.15) is 0 Å². The number of hydrogen-bond acceptors (Lipinski definition) is 6. The Morgan fingerprint density at radius 2 is 1.50 bits per heavy atom. The molecule has 2 fully saturated rings. The number of piperazine rings is 2. The van der Waals surface area contributed by atoms with Gasteiger partial charge in [0.25, 0.3) is 0 Å². The number of amides is 2. The Morgan fingerprint density at radius 3 is 2.12 bits per heavy atom. The fraction of sp³-hybridized carbons (Fsp3) is 0.435. The predicted molar refractivity (Wildman–Crippen MR) is 121 cm³/mol. The molecule has 9 heteroatoms. The topological polar surface area (TPSA) is 72.0 Å². The van der Waals surface area contributed by atoms with Gasteiger partial charge >= 0.3 is 0 Å². The summed E-state index contributed by atoms with van der Waals surface area (Å²) in [5.74, 6) is 0.669. The predicted octanol–water partition coefficient (Wildman–Crippen LogP) is 1.13. The molecule has 4 rings (SSSR count). The second kappa shape index (κ2) is 10.5. The molecule has 2 aliphatic rings. The van der Waals surface area contributed by atoms with E-state index in [2.05, 4.69) is 25.0 Å². The maximum atomic E-state index is 13.0. The largest absolute Gasteiger partial charge is 0.353 e. The minimum Gasteiger partial charge on any atom is -0.353 e. The Morgan fingerprint density at radius 1 is 0.844 bits per heavy atom. The van der Waals surface area contributed by atoms with Crippen molar-refractivity contribution in [1.82, 2.24) is 19.7 Å². The van der Waals surface area contributed by atoms with E-state index in [1.807, 2.05) is 23.1 Å². The molecule has 1 aromatic carbocycles. The van der Waals surface area contributed by atoms with Crippen LogP contribution >= 0.6 is 0 Å². The Bertz CT molecular complexity index is 894. The van der Waals surface area contributed by atoms with E-state index >= 15 is 0 Å². The van der Waals surface area contributed by atoms with Crippen LogP contribution in [0.4, 0.5) is 15.9 Å². The van der Waals surface area contributed by atoms with Crippen LogP contribution in [0.5, 0.6) is 0 Å². The molecule has 0 unspecified atom stereocenters. The zero-order chi connectivity index (χ0) is 22.3. The smallest absolute Gasteiger partial charge is 0.238 e. The fourth-order valence-corrected chi connectivity index (χ4v) is 4.06. The SMILES string of the molecule is O=C(CN1CCN(CC(=O)N2CCN(c3ccccn3)CC2)CC1)Nc1ccc(F)cc1. The number of rotatable bonds is 6. The quantitative estimate of drug-likeness (QED) is 0.726. The number of carbonyl (C=O) groups excluding carboxylic acids is 2. The molecule has 2 saturated heterocycles. The first-order valence-corrected chi connectivity index (χ1v) is 11.0. The van der Waals surface area contributed by atoms with E-state index in [9.17, 15) is 14.0 Å². The Labute approximate surface area is 187 Å². The number of aromatic nitrogens is 1. The van der Waals surface area contributed by atoms with Crippen molar-refractivity contribution in [1.29, 1.82) is 0 Å². The Balaban J connectivity index is 1.15. The third-order valence-corrected chi connectivity index (χ3v) is 5.92. The molecule has 1 aromatic heterocycles. The van der Waals surface area contributed by atoms with E-state index in [1.165, 1.54) is 12.1 Å². The van der Waals surface area contributed by atoms with Crippen molar-refractivity contribution in [3.8, 4) is 0 Å². The number of anilines is 2. The summed E-state index contributed by atoms with van der Waals surface area (Å²) in [6.45, 7) is 6.67. The van der Waals surface area contributed by atoms with Crippen LogP contribution in [-0.2, 0) is 9.59 Å². The molecule has 32 heavy (non-hydrogen) atoms. The number of nitrogens with zero attached hydrogens (tertiary/aromatic N) is 5. The summed E-state index contributed by atoms with van der Waals surface area (Å²) in [6.07, 6.45) is 1.79. The van der Waals surface area contributed by atoms with Crippen LogP contribution < -0.4 is 10.2 Å². The number of carbonyl (C=O) groups is 2. The molecular formula is C23H29FN6O2. The molecule has 8 nitrogen and oxygen atoms in total. The van der Waals surface area contributed by atoms with E-state index in [-0.39, 0.29) is 24.2 Å². The van der Waals surface area contributed by atoms with Crippen LogP contribution in [-0.4, -0.2) is 96.9 Å². The van der Waals surface area contributed by atoms with Gasteiger partial charge in [-0.1, -0.05) is 6.07 Å². The van der Waals surface area contributed by atoms with Crippen molar-refractivity contribution in [2.24, 2.45) is 0 Å². The molecule has 2 amide bonds. The van der Waals surface area contributed by atoms with Gasteiger partial charge in [0.2, 0.25) is 11.8 Å². The third kappa shape index (κ3) is 6.02. The lowest BCUT2D eigenvalue weighted by Crippen LogP contribution is -2.54. The monoisotopic (exact) mass is 440 g/mol. The van der Waals surface area contributed by atoms with E-state index in [1.54, 1.807) is 18.3 Å². The minimum atomic E-state index is -0.330. The van der Waals surface area contributed by atoms with Gasteiger partial charge in [-0.15, -0.1) is 0 Å². The van der Waals surface area contributed by atoms with Gasteiger partial charge in [0.15, 0.2) is 0 Å². The molecule has 0 bridgehead atoms. The summed E-state index contributed by atoms with van der Waals surface area (Å²) >= 11 is 0. The van der Waals surface area contributed by atoms with Gasteiger partial charge in [0.05, 0.1) is 13.1 Å². The second-order valence-electron chi connectivity index (χ2n) is 8.16. The number of pyridine rings is 1. The summed E-state index contributed by atoms with van der Waals surface area (Å²) in [6, 6.07) is 11.6. The van der Waals surface area contributed by atoms with Crippen molar-refractivity contribution in [2.75, 3.05) is 75.7 Å². The molecule has 0 radical (unpaired) electrons. The number of hydrogen-bond donors (Lipinski definition) is 1. The van der Waals surface area contributed by atoms with Gasteiger partial charge in [-0.25, -0.2) is 9.37 Å². The second-order valence-corrected chi connectivity index (χ2v) is 8.16. The fourth-order valence-electron chi connectivity index (χ4n) is 4.06. The standard InChI is InChI=1S/C23H29FN6O2/c24-19-4-6-20(7-5-19)26-22(31)17-27-9-11-28(12-10-27)18-23(32)30-15-13-29(14-16-30)21-3-1-2-8-25-21/h1-8H,9-18H2,(H,26,31). The maximum Gasteiger partial charge on any atom is 0.238 e. The highest BCUT2D eigenvalue weighted by Gasteiger charge is 2.25. The van der Waals surface area contributed by atoms with Crippen molar-refractivity contribution in [3.63, 3.8) is 0 Å². The molecule has 2 aliphatic heterocycles. The lowest BCUT2D eigenvalue weighted by atomic mass is 10.2. The van der Waals surface area contributed by atoms with E-state index < -0.39 is 0 Å². The maximum absolute atomic E-state index is 13.0. The average molecular weight is 441 g/mol. The zero-order valence-corrected chi connectivity index (χ0v) is 18.1.